The smallest absolute Gasteiger partial charge is 0.233 e. The summed E-state index contributed by atoms with van der Waals surface area (Å²) in [7, 11) is 0. The number of carbonyl (C=O) groups excluding carboxylic acids is 3. The molecule has 17 heavy (non-hydrogen) atoms. The zero-order valence-corrected chi connectivity index (χ0v) is 9.17. The number of amides is 2. The third-order valence-electron chi connectivity index (χ3n) is 4.10. The van der Waals surface area contributed by atoms with E-state index in [9.17, 15) is 19.5 Å². The average Bonchev–Trinajstić information content (AvgIpc) is 2.92. The molecule has 2 amide bonds. The van der Waals surface area contributed by atoms with Gasteiger partial charge in [0.25, 0.3) is 0 Å². The highest BCUT2D eigenvalue weighted by Gasteiger charge is 2.58. The van der Waals surface area contributed by atoms with Crippen molar-refractivity contribution in [3.8, 4) is 0 Å². The van der Waals surface area contributed by atoms with E-state index in [0.29, 0.717) is 0 Å². The highest BCUT2D eigenvalue weighted by molar-refractivity contribution is 6.06. The number of likely N-dealkylation sites (tertiary alicyclic amines) is 1. The number of carboxylic acids is 1. The maximum absolute atomic E-state index is 12.1. The van der Waals surface area contributed by atoms with Crippen LogP contribution in [0.3, 0.4) is 0 Å². The van der Waals surface area contributed by atoms with Crippen LogP contribution in [-0.4, -0.2) is 29.2 Å². The average molecular weight is 234 g/mol. The van der Waals surface area contributed by atoms with Crippen LogP contribution in [-0.2, 0) is 14.4 Å². The van der Waals surface area contributed by atoms with Crippen molar-refractivity contribution in [3.05, 3.63) is 12.2 Å². The number of aliphatic carboxylic acids is 1. The van der Waals surface area contributed by atoms with Gasteiger partial charge in [-0.2, -0.15) is 0 Å². The third-order valence-corrected chi connectivity index (χ3v) is 4.10. The Morgan fingerprint density at radius 3 is 2.24 bits per heavy atom. The lowest BCUT2D eigenvalue weighted by molar-refractivity contribution is -0.305. The fourth-order valence-corrected chi connectivity index (χ4v) is 3.39. The summed E-state index contributed by atoms with van der Waals surface area (Å²) >= 11 is 0. The largest absolute Gasteiger partial charge is 0.550 e. The molecule has 2 aliphatic carbocycles. The van der Waals surface area contributed by atoms with Crippen LogP contribution in [0, 0.1) is 23.7 Å². The van der Waals surface area contributed by atoms with Crippen LogP contribution < -0.4 is 5.11 Å². The Balaban J connectivity index is 1.80. The minimum Gasteiger partial charge on any atom is -0.550 e. The fraction of sp³-hybridized carbons (Fsp3) is 0.583. The van der Waals surface area contributed by atoms with E-state index in [1.807, 2.05) is 12.2 Å². The number of carbonyl (C=O) groups is 3. The second-order valence-electron chi connectivity index (χ2n) is 4.95. The highest BCUT2D eigenvalue weighted by Crippen LogP contribution is 2.52. The summed E-state index contributed by atoms with van der Waals surface area (Å²) in [5.74, 6) is -1.75. The zero-order valence-electron chi connectivity index (χ0n) is 9.17. The lowest BCUT2D eigenvalue weighted by Gasteiger charge is -2.17. The van der Waals surface area contributed by atoms with E-state index in [0.717, 1.165) is 11.3 Å². The van der Waals surface area contributed by atoms with Gasteiger partial charge in [0.15, 0.2) is 0 Å². The Hall–Kier alpha value is -1.65. The summed E-state index contributed by atoms with van der Waals surface area (Å²) in [5, 5.41) is 10.4. The Morgan fingerprint density at radius 2 is 1.76 bits per heavy atom. The second-order valence-corrected chi connectivity index (χ2v) is 4.95. The van der Waals surface area contributed by atoms with E-state index < -0.39 is 5.97 Å². The lowest BCUT2D eigenvalue weighted by Crippen LogP contribution is -2.37. The fourth-order valence-electron chi connectivity index (χ4n) is 3.39. The van der Waals surface area contributed by atoms with E-state index in [1.54, 1.807) is 0 Å². The number of fused-ring (bicyclic) bond motifs is 5. The molecule has 5 heteroatoms. The predicted molar refractivity (Wildman–Crippen MR) is 54.1 cm³/mol. The Labute approximate surface area is 98.1 Å². The number of rotatable bonds is 3. The number of hydrogen-bond acceptors (Lipinski definition) is 4. The Kier molecular flexibility index (Phi) is 2.11. The number of hydrogen-bond donors (Lipinski definition) is 0. The SMILES string of the molecule is O=C([O-])CCN1C(=O)[C@H]2[C@H](C1=O)[C@H]1C=C[C@H]2C1. The quantitative estimate of drug-likeness (QED) is 0.460. The van der Waals surface area contributed by atoms with Crippen molar-refractivity contribution in [2.24, 2.45) is 23.7 Å². The zero-order chi connectivity index (χ0) is 12.2. The number of allylic oxidation sites excluding steroid dienone is 2. The van der Waals surface area contributed by atoms with Crippen molar-refractivity contribution in [1.82, 2.24) is 4.90 Å². The first-order chi connectivity index (χ1) is 8.09. The van der Waals surface area contributed by atoms with Crippen molar-refractivity contribution < 1.29 is 19.5 Å². The molecule has 3 rings (SSSR count). The Bertz CT molecular complexity index is 412. The highest BCUT2D eigenvalue weighted by atomic mass is 16.4. The maximum Gasteiger partial charge on any atom is 0.233 e. The first kappa shape index (κ1) is 10.5. The van der Waals surface area contributed by atoms with Crippen molar-refractivity contribution in [2.75, 3.05) is 6.54 Å². The van der Waals surface area contributed by atoms with Gasteiger partial charge in [0, 0.05) is 18.9 Å². The molecule has 1 aliphatic heterocycles. The molecule has 0 radical (unpaired) electrons. The van der Waals surface area contributed by atoms with Crippen LogP contribution in [0.15, 0.2) is 12.2 Å². The first-order valence-corrected chi connectivity index (χ1v) is 5.83. The molecule has 0 N–H and O–H groups in total. The van der Waals surface area contributed by atoms with Crippen LogP contribution in [0.5, 0.6) is 0 Å². The van der Waals surface area contributed by atoms with Gasteiger partial charge < -0.3 is 9.90 Å². The van der Waals surface area contributed by atoms with Crippen LogP contribution in [0.25, 0.3) is 0 Å². The molecule has 0 aromatic rings. The van der Waals surface area contributed by atoms with Crippen molar-refractivity contribution in [3.63, 3.8) is 0 Å². The lowest BCUT2D eigenvalue weighted by atomic mass is 9.85. The summed E-state index contributed by atoms with van der Waals surface area (Å²) in [6.07, 6.45) is 4.64. The molecule has 3 aliphatic rings. The Morgan fingerprint density at radius 1 is 1.24 bits per heavy atom. The van der Waals surface area contributed by atoms with Gasteiger partial charge in [0.2, 0.25) is 11.8 Å². The molecular weight excluding hydrogens is 222 g/mol. The van der Waals surface area contributed by atoms with Gasteiger partial charge in [0.05, 0.1) is 11.8 Å². The van der Waals surface area contributed by atoms with Gasteiger partial charge in [-0.1, -0.05) is 12.2 Å². The summed E-state index contributed by atoms with van der Waals surface area (Å²) in [4.78, 5) is 35.6. The van der Waals surface area contributed by atoms with Crippen LogP contribution in [0.4, 0.5) is 0 Å². The molecule has 2 fully saturated rings. The summed E-state index contributed by atoms with van der Waals surface area (Å²) in [6, 6.07) is 0. The summed E-state index contributed by atoms with van der Waals surface area (Å²) < 4.78 is 0. The molecule has 4 atom stereocenters. The van der Waals surface area contributed by atoms with E-state index >= 15 is 0 Å². The maximum atomic E-state index is 12.1. The minimum absolute atomic E-state index is 0.0492. The molecule has 0 unspecified atom stereocenters. The van der Waals surface area contributed by atoms with E-state index in [-0.39, 0.29) is 48.5 Å². The molecule has 0 aromatic heterocycles. The van der Waals surface area contributed by atoms with Crippen molar-refractivity contribution in [2.45, 2.75) is 12.8 Å². The number of carboxylic acid groups (broad SMARTS) is 1. The van der Waals surface area contributed by atoms with Gasteiger partial charge in [-0.25, -0.2) is 0 Å². The summed E-state index contributed by atoms with van der Waals surface area (Å²) in [6.45, 7) is -0.0492. The van der Waals surface area contributed by atoms with Gasteiger partial charge in [-0.05, 0) is 18.3 Å². The van der Waals surface area contributed by atoms with Crippen molar-refractivity contribution in [1.29, 1.82) is 0 Å². The number of imide groups is 1. The molecule has 90 valence electrons. The molecule has 1 saturated carbocycles. The normalized spacial score (nSPS) is 38.0. The molecule has 0 spiro atoms. The molecule has 2 bridgehead atoms. The van der Waals surface area contributed by atoms with E-state index in [1.165, 1.54) is 0 Å². The van der Waals surface area contributed by atoms with Gasteiger partial charge in [-0.3, -0.25) is 14.5 Å². The van der Waals surface area contributed by atoms with Gasteiger partial charge in [-0.15, -0.1) is 0 Å². The molecule has 0 aromatic carbocycles. The monoisotopic (exact) mass is 234 g/mol. The molecule has 1 heterocycles. The molecule has 1 saturated heterocycles. The summed E-state index contributed by atoms with van der Waals surface area (Å²) in [5.41, 5.74) is 0. The first-order valence-electron chi connectivity index (χ1n) is 5.83. The van der Waals surface area contributed by atoms with E-state index in [4.69, 9.17) is 0 Å². The predicted octanol–water partition coefficient (Wildman–Crippen LogP) is -1.07. The van der Waals surface area contributed by atoms with Gasteiger partial charge >= 0.3 is 0 Å². The number of nitrogens with zero attached hydrogens (tertiary/aromatic N) is 1. The van der Waals surface area contributed by atoms with E-state index in [2.05, 4.69) is 0 Å². The molecule has 5 nitrogen and oxygen atoms in total. The second kappa shape index (κ2) is 3.42. The topological polar surface area (TPSA) is 77.5 Å². The van der Waals surface area contributed by atoms with Crippen LogP contribution in [0.1, 0.15) is 12.8 Å². The standard InChI is InChI=1S/C12H13NO4/c14-8(15)3-4-13-11(16)9-6-1-2-7(5-6)10(9)12(13)17/h1-2,6-7,9-10H,3-5H2,(H,14,15)/p-1/t6-,7-,9+,10+/m0/s1. The minimum atomic E-state index is -1.23. The van der Waals surface area contributed by atoms with Crippen LogP contribution >= 0.6 is 0 Å². The third kappa shape index (κ3) is 1.34. The van der Waals surface area contributed by atoms with Gasteiger partial charge in [0.1, 0.15) is 0 Å². The van der Waals surface area contributed by atoms with Crippen LogP contribution in [0.2, 0.25) is 0 Å². The molecular formula is C12H12NO4-. The van der Waals surface area contributed by atoms with Crippen molar-refractivity contribution >= 4 is 17.8 Å².